The molecule has 5 rings (SSSR count). The molecule has 2 aromatic carbocycles. The molecule has 1 aliphatic carbocycles. The highest BCUT2D eigenvalue weighted by atomic mass is 32.2. The van der Waals surface area contributed by atoms with Crippen LogP contribution in [0.25, 0.3) is 11.5 Å². The van der Waals surface area contributed by atoms with Gasteiger partial charge in [-0.3, -0.25) is 4.90 Å². The van der Waals surface area contributed by atoms with Crippen LogP contribution in [0.2, 0.25) is 0 Å². The van der Waals surface area contributed by atoms with Crippen LogP contribution < -0.4 is 0 Å². The van der Waals surface area contributed by atoms with E-state index in [4.69, 9.17) is 9.40 Å². The number of sulfonamides is 1. The fraction of sp³-hybridized carbons (Fsp3) is 0.400. The third-order valence-electron chi connectivity index (χ3n) is 6.58. The van der Waals surface area contributed by atoms with Crippen LogP contribution in [0.4, 0.5) is 0 Å². The second-order valence-electron chi connectivity index (χ2n) is 8.71. The third kappa shape index (κ3) is 4.25. The van der Waals surface area contributed by atoms with Crippen LogP contribution in [0.5, 0.6) is 0 Å². The fourth-order valence-corrected chi connectivity index (χ4v) is 6.11. The zero-order valence-electron chi connectivity index (χ0n) is 18.5. The van der Waals surface area contributed by atoms with Crippen LogP contribution in [-0.2, 0) is 29.4 Å². The van der Waals surface area contributed by atoms with E-state index in [1.807, 2.05) is 49.4 Å². The molecule has 32 heavy (non-hydrogen) atoms. The van der Waals surface area contributed by atoms with E-state index in [2.05, 4.69) is 4.90 Å². The van der Waals surface area contributed by atoms with Crippen LogP contribution in [-0.4, -0.2) is 48.8 Å². The van der Waals surface area contributed by atoms with Gasteiger partial charge in [0.05, 0.1) is 10.6 Å². The first-order valence-electron chi connectivity index (χ1n) is 11.4. The molecule has 0 amide bonds. The zero-order chi connectivity index (χ0) is 22.1. The largest absolute Gasteiger partial charge is 0.441 e. The van der Waals surface area contributed by atoms with Gasteiger partial charge in [0.15, 0.2) is 0 Å². The summed E-state index contributed by atoms with van der Waals surface area (Å²) in [5.74, 6) is 1.44. The lowest BCUT2D eigenvalue weighted by Crippen LogP contribution is -2.48. The molecule has 0 spiro atoms. The Kier molecular flexibility index (Phi) is 5.88. The molecule has 1 aliphatic heterocycles. The molecule has 1 fully saturated rings. The summed E-state index contributed by atoms with van der Waals surface area (Å²) in [5.41, 5.74) is 4.38. The lowest BCUT2D eigenvalue weighted by Gasteiger charge is -2.33. The predicted octanol–water partition coefficient (Wildman–Crippen LogP) is 4.04. The lowest BCUT2D eigenvalue weighted by atomic mass is 9.92. The van der Waals surface area contributed by atoms with Gasteiger partial charge in [-0.15, -0.1) is 0 Å². The Morgan fingerprint density at radius 3 is 2.41 bits per heavy atom. The molecule has 0 bridgehead atoms. The van der Waals surface area contributed by atoms with Crippen molar-refractivity contribution >= 4 is 10.0 Å². The Labute approximate surface area is 189 Å². The van der Waals surface area contributed by atoms with Crippen LogP contribution in [0.3, 0.4) is 0 Å². The summed E-state index contributed by atoms with van der Waals surface area (Å²) in [6, 6.07) is 15.6. The van der Waals surface area contributed by atoms with Crippen LogP contribution in [0.15, 0.2) is 57.8 Å². The van der Waals surface area contributed by atoms with Crippen LogP contribution >= 0.6 is 0 Å². The van der Waals surface area contributed by atoms with Crippen LogP contribution in [0, 0.1) is 6.92 Å². The van der Waals surface area contributed by atoms with Crippen molar-refractivity contribution in [3.63, 3.8) is 0 Å². The van der Waals surface area contributed by atoms with Gasteiger partial charge >= 0.3 is 0 Å². The number of rotatable bonds is 5. The number of oxazole rings is 1. The number of piperazine rings is 1. The van der Waals surface area contributed by atoms with Gasteiger partial charge in [0.25, 0.3) is 0 Å². The molecule has 2 aliphatic rings. The first-order valence-corrected chi connectivity index (χ1v) is 12.8. The fourth-order valence-electron chi connectivity index (χ4n) is 4.64. The van der Waals surface area contributed by atoms with Crippen molar-refractivity contribution in [2.45, 2.75) is 44.0 Å². The number of hydrogen-bond donors (Lipinski definition) is 0. The second kappa shape index (κ2) is 8.81. The first-order chi connectivity index (χ1) is 15.5. The molecule has 0 N–H and O–H groups in total. The second-order valence-corrected chi connectivity index (χ2v) is 10.6. The Bertz CT molecular complexity index is 1200. The highest BCUT2D eigenvalue weighted by Crippen LogP contribution is 2.27. The van der Waals surface area contributed by atoms with Gasteiger partial charge in [-0.25, -0.2) is 13.4 Å². The molecule has 7 heteroatoms. The van der Waals surface area contributed by atoms with Crippen molar-refractivity contribution in [2.24, 2.45) is 0 Å². The van der Waals surface area contributed by atoms with Crippen molar-refractivity contribution in [1.29, 1.82) is 0 Å². The molecule has 1 saturated heterocycles. The lowest BCUT2D eigenvalue weighted by molar-refractivity contribution is 0.179. The normalized spacial score (nSPS) is 17.9. The third-order valence-corrected chi connectivity index (χ3v) is 8.47. The quantitative estimate of drug-likeness (QED) is 0.586. The minimum absolute atomic E-state index is 0.437. The van der Waals surface area contributed by atoms with Gasteiger partial charge < -0.3 is 4.42 Å². The highest BCUT2D eigenvalue weighted by molar-refractivity contribution is 7.89. The van der Waals surface area contributed by atoms with E-state index in [1.165, 1.54) is 17.5 Å². The number of nitrogens with zero attached hydrogens (tertiary/aromatic N) is 3. The van der Waals surface area contributed by atoms with Gasteiger partial charge in [-0.05, 0) is 68.0 Å². The Hall–Kier alpha value is -2.48. The van der Waals surface area contributed by atoms with Crippen molar-refractivity contribution in [3.8, 4) is 11.5 Å². The van der Waals surface area contributed by atoms with Gasteiger partial charge in [-0.1, -0.05) is 24.3 Å². The molecule has 168 valence electrons. The van der Waals surface area contributed by atoms with E-state index in [-0.39, 0.29) is 0 Å². The van der Waals surface area contributed by atoms with E-state index >= 15 is 0 Å². The zero-order valence-corrected chi connectivity index (χ0v) is 19.3. The molecule has 6 nitrogen and oxygen atoms in total. The van der Waals surface area contributed by atoms with E-state index in [0.29, 0.717) is 43.5 Å². The SMILES string of the molecule is Cc1oc(-c2ccccc2)nc1CN1CCN(S(=O)(=O)c2ccc3c(c2)CCCC3)CC1. The molecular weight excluding hydrogens is 422 g/mol. The number of fused-ring (bicyclic) bond motifs is 1. The smallest absolute Gasteiger partial charge is 0.243 e. The molecule has 2 heterocycles. The summed E-state index contributed by atoms with van der Waals surface area (Å²) in [5, 5.41) is 0. The maximum Gasteiger partial charge on any atom is 0.243 e. The summed E-state index contributed by atoms with van der Waals surface area (Å²) in [6.07, 6.45) is 4.37. The number of benzene rings is 2. The molecule has 0 unspecified atom stereocenters. The van der Waals surface area contributed by atoms with Gasteiger partial charge in [0.2, 0.25) is 15.9 Å². The summed E-state index contributed by atoms with van der Waals surface area (Å²) in [4.78, 5) is 7.38. The van der Waals surface area contributed by atoms with E-state index in [0.717, 1.165) is 36.3 Å². The minimum Gasteiger partial charge on any atom is -0.441 e. The van der Waals surface area contributed by atoms with Crippen molar-refractivity contribution in [1.82, 2.24) is 14.2 Å². The van der Waals surface area contributed by atoms with E-state index in [1.54, 1.807) is 10.4 Å². The molecule has 0 saturated carbocycles. The number of aromatic nitrogens is 1. The predicted molar refractivity (Wildman–Crippen MR) is 124 cm³/mol. The Balaban J connectivity index is 1.24. The minimum atomic E-state index is -3.46. The van der Waals surface area contributed by atoms with E-state index < -0.39 is 10.0 Å². The Morgan fingerprint density at radius 2 is 1.66 bits per heavy atom. The Morgan fingerprint density at radius 1 is 0.938 bits per heavy atom. The summed E-state index contributed by atoms with van der Waals surface area (Å²) < 4.78 is 34.0. The van der Waals surface area contributed by atoms with Crippen molar-refractivity contribution in [3.05, 3.63) is 71.1 Å². The standard InChI is InChI=1S/C25H29N3O3S/c1-19-24(26-25(31-19)21-8-3-2-4-9-21)18-27-13-15-28(16-14-27)32(29,30)23-12-11-20-7-5-6-10-22(20)17-23/h2-4,8-9,11-12,17H,5-7,10,13-16,18H2,1H3. The molecular formula is C25H29N3O3S. The van der Waals surface area contributed by atoms with Crippen LogP contribution in [0.1, 0.15) is 35.4 Å². The van der Waals surface area contributed by atoms with E-state index in [9.17, 15) is 8.42 Å². The molecule has 0 atom stereocenters. The first kappa shape index (κ1) is 21.4. The summed E-state index contributed by atoms with van der Waals surface area (Å²) >= 11 is 0. The van der Waals surface area contributed by atoms with Gasteiger partial charge in [0, 0.05) is 38.3 Å². The van der Waals surface area contributed by atoms with Crippen molar-refractivity contribution in [2.75, 3.05) is 26.2 Å². The van der Waals surface area contributed by atoms with Gasteiger partial charge in [0.1, 0.15) is 5.76 Å². The summed E-state index contributed by atoms with van der Waals surface area (Å²) in [7, 11) is -3.46. The monoisotopic (exact) mass is 451 g/mol. The maximum atomic E-state index is 13.2. The average Bonchev–Trinajstić information content (AvgIpc) is 3.20. The molecule has 1 aromatic heterocycles. The average molecular weight is 452 g/mol. The molecule has 0 radical (unpaired) electrons. The number of aryl methyl sites for hydroxylation is 3. The highest BCUT2D eigenvalue weighted by Gasteiger charge is 2.29. The summed E-state index contributed by atoms with van der Waals surface area (Å²) in [6.45, 7) is 4.93. The maximum absolute atomic E-state index is 13.2. The number of hydrogen-bond acceptors (Lipinski definition) is 5. The topological polar surface area (TPSA) is 66.7 Å². The molecule has 3 aromatic rings. The van der Waals surface area contributed by atoms with Gasteiger partial charge in [-0.2, -0.15) is 4.31 Å². The van der Waals surface area contributed by atoms with Crippen molar-refractivity contribution < 1.29 is 12.8 Å².